The van der Waals surface area contributed by atoms with Crippen LogP contribution < -0.4 is 11.3 Å². The molecule has 0 aliphatic heterocycles. The Kier molecular flexibility index (Phi) is 3.33. The maximum Gasteiger partial charge on any atom is 0.252 e. The number of nitrogens with zero attached hydrogens (tertiary/aromatic N) is 1. The molecule has 0 atom stereocenters. The van der Waals surface area contributed by atoms with Crippen molar-refractivity contribution >= 4 is 5.69 Å². The lowest BCUT2D eigenvalue weighted by Crippen LogP contribution is -2.25. The van der Waals surface area contributed by atoms with Crippen molar-refractivity contribution in [1.82, 2.24) is 4.57 Å². The molecule has 0 radical (unpaired) electrons. The molecular weight excluding hydrogens is 176 g/mol. The van der Waals surface area contributed by atoms with Crippen molar-refractivity contribution in [3.8, 4) is 0 Å². The molecular formula is C11H18N2O. The van der Waals surface area contributed by atoms with Gasteiger partial charge >= 0.3 is 0 Å². The molecule has 0 unspecified atom stereocenters. The summed E-state index contributed by atoms with van der Waals surface area (Å²) >= 11 is 0. The molecule has 0 aliphatic rings. The normalized spacial score (nSPS) is 10.9. The highest BCUT2D eigenvalue weighted by Gasteiger charge is 2.05. The van der Waals surface area contributed by atoms with E-state index >= 15 is 0 Å². The van der Waals surface area contributed by atoms with E-state index in [9.17, 15) is 4.79 Å². The average molecular weight is 194 g/mol. The van der Waals surface area contributed by atoms with Gasteiger partial charge in [-0.3, -0.25) is 4.79 Å². The predicted octanol–water partition coefficient (Wildman–Crippen LogP) is 1.65. The number of nitrogen functional groups attached to an aromatic ring is 1. The van der Waals surface area contributed by atoms with Crippen LogP contribution in [0.15, 0.2) is 16.9 Å². The number of aryl methyl sites for hydroxylation is 1. The van der Waals surface area contributed by atoms with Crippen molar-refractivity contribution < 1.29 is 0 Å². The van der Waals surface area contributed by atoms with Gasteiger partial charge in [-0.15, -0.1) is 0 Å². The largest absolute Gasteiger partial charge is 0.399 e. The molecule has 0 saturated heterocycles. The molecule has 2 N–H and O–H groups in total. The zero-order valence-corrected chi connectivity index (χ0v) is 9.08. The van der Waals surface area contributed by atoms with Crippen LogP contribution in [0.1, 0.15) is 26.5 Å². The first-order valence-electron chi connectivity index (χ1n) is 5.03. The molecule has 1 rings (SSSR count). The van der Waals surface area contributed by atoms with Gasteiger partial charge in [-0.2, -0.15) is 0 Å². The zero-order chi connectivity index (χ0) is 10.7. The molecule has 0 fully saturated rings. The Morgan fingerprint density at radius 1 is 1.43 bits per heavy atom. The van der Waals surface area contributed by atoms with E-state index in [1.807, 2.05) is 13.0 Å². The lowest BCUT2D eigenvalue weighted by atomic mass is 10.2. The van der Waals surface area contributed by atoms with Gasteiger partial charge in [-0.25, -0.2) is 0 Å². The van der Waals surface area contributed by atoms with E-state index in [2.05, 4.69) is 13.8 Å². The second kappa shape index (κ2) is 4.31. The molecule has 14 heavy (non-hydrogen) atoms. The van der Waals surface area contributed by atoms with E-state index in [-0.39, 0.29) is 5.56 Å². The fraction of sp³-hybridized carbons (Fsp3) is 0.545. The smallest absolute Gasteiger partial charge is 0.252 e. The Balaban J connectivity index is 3.19. The summed E-state index contributed by atoms with van der Waals surface area (Å²) in [6, 6.07) is 3.37. The average Bonchev–Trinajstić information content (AvgIpc) is 2.08. The van der Waals surface area contributed by atoms with Crippen LogP contribution >= 0.6 is 0 Å². The van der Waals surface area contributed by atoms with Crippen molar-refractivity contribution in [2.75, 3.05) is 5.73 Å². The number of anilines is 1. The van der Waals surface area contributed by atoms with E-state index in [4.69, 9.17) is 5.73 Å². The van der Waals surface area contributed by atoms with E-state index in [1.54, 1.807) is 4.57 Å². The van der Waals surface area contributed by atoms with Crippen molar-refractivity contribution in [2.45, 2.75) is 33.7 Å². The first-order chi connectivity index (χ1) is 6.54. The summed E-state index contributed by atoms with van der Waals surface area (Å²) in [5, 5.41) is 0. The van der Waals surface area contributed by atoms with Gasteiger partial charge in [0.15, 0.2) is 0 Å². The zero-order valence-electron chi connectivity index (χ0n) is 9.08. The minimum absolute atomic E-state index is 0.00977. The number of rotatable bonds is 3. The molecule has 1 heterocycles. The predicted molar refractivity (Wildman–Crippen MR) is 59.3 cm³/mol. The minimum atomic E-state index is 0.00977. The molecule has 0 aromatic carbocycles. The van der Waals surface area contributed by atoms with Crippen LogP contribution in [-0.4, -0.2) is 4.57 Å². The molecule has 0 aliphatic carbocycles. The minimum Gasteiger partial charge on any atom is -0.399 e. The summed E-state index contributed by atoms with van der Waals surface area (Å²) in [7, 11) is 0. The van der Waals surface area contributed by atoms with Crippen LogP contribution in [0.2, 0.25) is 0 Å². The molecule has 0 bridgehead atoms. The molecule has 0 amide bonds. The lowest BCUT2D eigenvalue weighted by molar-refractivity contribution is 0.497. The van der Waals surface area contributed by atoms with Crippen LogP contribution in [0.5, 0.6) is 0 Å². The highest BCUT2D eigenvalue weighted by Crippen LogP contribution is 2.07. The van der Waals surface area contributed by atoms with Gasteiger partial charge < -0.3 is 10.3 Å². The van der Waals surface area contributed by atoms with Gasteiger partial charge in [0.05, 0.1) is 0 Å². The number of aromatic nitrogens is 1. The Hall–Kier alpha value is -1.25. The summed E-state index contributed by atoms with van der Waals surface area (Å²) in [5.74, 6) is 0.474. The van der Waals surface area contributed by atoms with E-state index in [0.717, 1.165) is 18.7 Å². The molecule has 3 heteroatoms. The maximum atomic E-state index is 11.6. The van der Waals surface area contributed by atoms with Crippen molar-refractivity contribution in [2.24, 2.45) is 5.92 Å². The van der Waals surface area contributed by atoms with Gasteiger partial charge in [-0.1, -0.05) is 20.8 Å². The third-order valence-electron chi connectivity index (χ3n) is 2.15. The Morgan fingerprint density at radius 3 is 2.57 bits per heavy atom. The van der Waals surface area contributed by atoms with Crippen LogP contribution in [0.4, 0.5) is 5.69 Å². The third kappa shape index (κ3) is 2.37. The second-order valence-electron chi connectivity index (χ2n) is 3.98. The Labute approximate surface area is 84.6 Å². The SMILES string of the molecule is CCc1cc(N)cc(=O)n1CC(C)C. The maximum absolute atomic E-state index is 11.6. The summed E-state index contributed by atoms with van der Waals surface area (Å²) in [6.45, 7) is 7.00. The van der Waals surface area contributed by atoms with Gasteiger partial charge in [0.1, 0.15) is 0 Å². The van der Waals surface area contributed by atoms with E-state index in [1.165, 1.54) is 6.07 Å². The highest BCUT2D eigenvalue weighted by atomic mass is 16.1. The summed E-state index contributed by atoms with van der Waals surface area (Å²) in [6.07, 6.45) is 0.840. The standard InChI is InChI=1S/C11H18N2O/c1-4-10-5-9(12)6-11(14)13(10)7-8(2)3/h5-6,8H,4,7,12H2,1-3H3. The van der Waals surface area contributed by atoms with Crippen LogP contribution in [0, 0.1) is 5.92 Å². The van der Waals surface area contributed by atoms with Crippen molar-refractivity contribution in [3.05, 3.63) is 28.2 Å². The Morgan fingerprint density at radius 2 is 2.07 bits per heavy atom. The number of pyridine rings is 1. The van der Waals surface area contributed by atoms with Gasteiger partial charge in [0.25, 0.3) is 5.56 Å². The van der Waals surface area contributed by atoms with Crippen LogP contribution in [0.3, 0.4) is 0 Å². The first kappa shape index (κ1) is 10.8. The monoisotopic (exact) mass is 194 g/mol. The van der Waals surface area contributed by atoms with Gasteiger partial charge in [0.2, 0.25) is 0 Å². The van der Waals surface area contributed by atoms with Crippen molar-refractivity contribution in [1.29, 1.82) is 0 Å². The fourth-order valence-corrected chi connectivity index (χ4v) is 1.54. The highest BCUT2D eigenvalue weighted by molar-refractivity contribution is 5.37. The third-order valence-corrected chi connectivity index (χ3v) is 2.15. The summed E-state index contributed by atoms with van der Waals surface area (Å²) in [4.78, 5) is 11.6. The number of hydrogen-bond donors (Lipinski definition) is 1. The van der Waals surface area contributed by atoms with E-state index < -0.39 is 0 Å². The number of nitrogens with two attached hydrogens (primary N) is 1. The molecule has 0 saturated carbocycles. The number of hydrogen-bond acceptors (Lipinski definition) is 2. The molecule has 3 nitrogen and oxygen atoms in total. The second-order valence-corrected chi connectivity index (χ2v) is 3.98. The quantitative estimate of drug-likeness (QED) is 0.795. The Bertz CT molecular complexity index is 366. The van der Waals surface area contributed by atoms with Gasteiger partial charge in [0, 0.05) is 24.0 Å². The molecule has 1 aromatic rings. The fourth-order valence-electron chi connectivity index (χ4n) is 1.54. The first-order valence-corrected chi connectivity index (χ1v) is 5.03. The van der Waals surface area contributed by atoms with E-state index in [0.29, 0.717) is 11.6 Å². The summed E-state index contributed by atoms with van der Waals surface area (Å²) in [5.41, 5.74) is 7.21. The molecule has 78 valence electrons. The van der Waals surface area contributed by atoms with Crippen LogP contribution in [-0.2, 0) is 13.0 Å². The van der Waals surface area contributed by atoms with Crippen molar-refractivity contribution in [3.63, 3.8) is 0 Å². The van der Waals surface area contributed by atoms with Gasteiger partial charge in [-0.05, 0) is 18.4 Å². The topological polar surface area (TPSA) is 48.0 Å². The molecule has 0 spiro atoms. The molecule has 1 aromatic heterocycles. The van der Waals surface area contributed by atoms with Crippen LogP contribution in [0.25, 0.3) is 0 Å². The lowest BCUT2D eigenvalue weighted by Gasteiger charge is -2.14. The summed E-state index contributed by atoms with van der Waals surface area (Å²) < 4.78 is 1.81.